The second kappa shape index (κ2) is 7.57. The zero-order valence-electron chi connectivity index (χ0n) is 15.5. The standard InChI is InChI=1S/C20H27ClN2O3/c1-14-11-16(3-4-17(14)21)19(26)22-9-7-20(8-10-22)6-5-18(25)23(13-20)12-15(2)24/h3-4,11,15,24H,5-10,12-13H2,1-2H3/t15-/m1/s1. The maximum Gasteiger partial charge on any atom is 0.253 e. The van der Waals surface area contributed by atoms with Gasteiger partial charge in [-0.2, -0.15) is 0 Å². The predicted molar refractivity (Wildman–Crippen MR) is 101 cm³/mol. The molecular formula is C20H27ClN2O3. The molecule has 0 bridgehead atoms. The van der Waals surface area contributed by atoms with Crippen LogP contribution in [0.5, 0.6) is 0 Å². The molecule has 3 rings (SSSR count). The molecular weight excluding hydrogens is 352 g/mol. The highest BCUT2D eigenvalue weighted by Gasteiger charge is 2.41. The van der Waals surface area contributed by atoms with Gasteiger partial charge in [-0.3, -0.25) is 9.59 Å². The van der Waals surface area contributed by atoms with E-state index in [0.717, 1.165) is 24.8 Å². The van der Waals surface area contributed by atoms with Crippen LogP contribution in [-0.2, 0) is 4.79 Å². The molecule has 0 aliphatic carbocycles. The third-order valence-electron chi connectivity index (χ3n) is 5.75. The van der Waals surface area contributed by atoms with E-state index in [1.54, 1.807) is 24.0 Å². The van der Waals surface area contributed by atoms with Crippen LogP contribution in [0.25, 0.3) is 0 Å². The molecule has 2 aliphatic rings. The van der Waals surface area contributed by atoms with E-state index in [4.69, 9.17) is 11.6 Å². The van der Waals surface area contributed by atoms with Gasteiger partial charge < -0.3 is 14.9 Å². The Hall–Kier alpha value is -1.59. The maximum atomic E-state index is 12.8. The molecule has 1 aromatic carbocycles. The first-order valence-electron chi connectivity index (χ1n) is 9.31. The number of likely N-dealkylation sites (tertiary alicyclic amines) is 2. The van der Waals surface area contributed by atoms with Gasteiger partial charge in [-0.25, -0.2) is 0 Å². The number of nitrogens with zero attached hydrogens (tertiary/aromatic N) is 2. The Morgan fingerprint density at radius 2 is 2.00 bits per heavy atom. The summed E-state index contributed by atoms with van der Waals surface area (Å²) in [7, 11) is 0. The molecule has 2 amide bonds. The number of β-amino-alcohol motifs (C(OH)–C–C–N with tert-alkyl or cyclic N) is 1. The molecule has 0 saturated carbocycles. The zero-order chi connectivity index (χ0) is 18.9. The minimum Gasteiger partial charge on any atom is -0.392 e. The lowest BCUT2D eigenvalue weighted by atomic mass is 9.72. The van der Waals surface area contributed by atoms with Crippen LogP contribution >= 0.6 is 11.6 Å². The summed E-state index contributed by atoms with van der Waals surface area (Å²) >= 11 is 6.06. The Labute approximate surface area is 159 Å². The van der Waals surface area contributed by atoms with Crippen molar-refractivity contribution in [2.75, 3.05) is 26.2 Å². The van der Waals surface area contributed by atoms with Crippen LogP contribution in [0.3, 0.4) is 0 Å². The van der Waals surface area contributed by atoms with Crippen LogP contribution in [0.2, 0.25) is 5.02 Å². The van der Waals surface area contributed by atoms with Crippen molar-refractivity contribution in [1.82, 2.24) is 9.80 Å². The summed E-state index contributed by atoms with van der Waals surface area (Å²) in [6, 6.07) is 5.40. The van der Waals surface area contributed by atoms with E-state index in [-0.39, 0.29) is 17.2 Å². The molecule has 142 valence electrons. The summed E-state index contributed by atoms with van der Waals surface area (Å²) in [6.07, 6.45) is 2.70. The number of hydrogen-bond donors (Lipinski definition) is 1. The van der Waals surface area contributed by atoms with Crippen molar-refractivity contribution in [3.05, 3.63) is 34.3 Å². The highest BCUT2D eigenvalue weighted by molar-refractivity contribution is 6.31. The molecule has 2 heterocycles. The number of halogens is 1. The van der Waals surface area contributed by atoms with E-state index in [2.05, 4.69) is 0 Å². The molecule has 0 unspecified atom stereocenters. The van der Waals surface area contributed by atoms with Gasteiger partial charge in [0.1, 0.15) is 0 Å². The van der Waals surface area contributed by atoms with Crippen molar-refractivity contribution in [1.29, 1.82) is 0 Å². The maximum absolute atomic E-state index is 12.8. The van der Waals surface area contributed by atoms with Crippen LogP contribution in [0.4, 0.5) is 0 Å². The molecule has 2 fully saturated rings. The molecule has 26 heavy (non-hydrogen) atoms. The summed E-state index contributed by atoms with van der Waals surface area (Å²) in [5.41, 5.74) is 1.66. The summed E-state index contributed by atoms with van der Waals surface area (Å²) in [5, 5.41) is 10.3. The Kier molecular flexibility index (Phi) is 5.58. The fourth-order valence-electron chi connectivity index (χ4n) is 4.14. The second-order valence-electron chi connectivity index (χ2n) is 7.88. The lowest BCUT2D eigenvalue weighted by molar-refractivity contribution is -0.140. The Balaban J connectivity index is 1.63. The highest BCUT2D eigenvalue weighted by atomic mass is 35.5. The monoisotopic (exact) mass is 378 g/mol. The Morgan fingerprint density at radius 3 is 2.62 bits per heavy atom. The normalized spacial score (nSPS) is 21.2. The first-order chi connectivity index (χ1) is 12.3. The van der Waals surface area contributed by atoms with Gasteiger partial charge in [-0.1, -0.05) is 11.6 Å². The molecule has 0 radical (unpaired) electrons. The number of aliphatic hydroxyl groups is 1. The average molecular weight is 379 g/mol. The molecule has 2 saturated heterocycles. The number of rotatable bonds is 3. The van der Waals surface area contributed by atoms with E-state index < -0.39 is 6.10 Å². The molecule has 1 N–H and O–H groups in total. The topological polar surface area (TPSA) is 60.9 Å². The number of carbonyl (C=O) groups excluding carboxylic acids is 2. The lowest BCUT2D eigenvalue weighted by Crippen LogP contribution is -2.53. The van der Waals surface area contributed by atoms with E-state index >= 15 is 0 Å². The van der Waals surface area contributed by atoms with Crippen molar-refractivity contribution in [2.24, 2.45) is 5.41 Å². The van der Waals surface area contributed by atoms with Crippen LogP contribution in [0, 0.1) is 12.3 Å². The number of aliphatic hydroxyl groups excluding tert-OH is 1. The molecule has 6 heteroatoms. The van der Waals surface area contributed by atoms with Crippen molar-refractivity contribution in [2.45, 2.75) is 45.6 Å². The molecule has 1 atom stereocenters. The van der Waals surface area contributed by atoms with Crippen LogP contribution in [0.1, 0.15) is 48.5 Å². The van der Waals surface area contributed by atoms with Crippen molar-refractivity contribution < 1.29 is 14.7 Å². The minimum atomic E-state index is -0.510. The minimum absolute atomic E-state index is 0.0485. The van der Waals surface area contributed by atoms with Gasteiger partial charge in [0.2, 0.25) is 5.91 Å². The first kappa shape index (κ1) is 19.2. The number of aryl methyl sites for hydroxylation is 1. The van der Waals surface area contributed by atoms with Crippen molar-refractivity contribution in [3.63, 3.8) is 0 Å². The van der Waals surface area contributed by atoms with Gasteiger partial charge in [0, 0.05) is 43.2 Å². The van der Waals surface area contributed by atoms with E-state index in [1.165, 1.54) is 0 Å². The van der Waals surface area contributed by atoms with Gasteiger partial charge in [0.05, 0.1) is 6.10 Å². The van der Waals surface area contributed by atoms with Gasteiger partial charge in [0.15, 0.2) is 0 Å². The van der Waals surface area contributed by atoms with Gasteiger partial charge >= 0.3 is 0 Å². The van der Waals surface area contributed by atoms with E-state index in [9.17, 15) is 14.7 Å². The van der Waals surface area contributed by atoms with Crippen molar-refractivity contribution in [3.8, 4) is 0 Å². The number of piperidine rings is 2. The molecule has 5 nitrogen and oxygen atoms in total. The Bertz CT molecular complexity index is 696. The predicted octanol–water partition coefficient (Wildman–Crippen LogP) is 2.87. The van der Waals surface area contributed by atoms with E-state index in [1.807, 2.05) is 17.9 Å². The summed E-state index contributed by atoms with van der Waals surface area (Å²) in [6.45, 7) is 6.12. The smallest absolute Gasteiger partial charge is 0.253 e. The first-order valence-corrected chi connectivity index (χ1v) is 9.69. The average Bonchev–Trinajstić information content (AvgIpc) is 2.60. The van der Waals surface area contributed by atoms with Gasteiger partial charge in [-0.05, 0) is 62.3 Å². The number of amides is 2. The second-order valence-corrected chi connectivity index (χ2v) is 8.29. The van der Waals surface area contributed by atoms with Gasteiger partial charge in [0.25, 0.3) is 5.91 Å². The fourth-order valence-corrected chi connectivity index (χ4v) is 4.26. The third-order valence-corrected chi connectivity index (χ3v) is 6.17. The summed E-state index contributed by atoms with van der Waals surface area (Å²) < 4.78 is 0. The summed E-state index contributed by atoms with van der Waals surface area (Å²) in [5.74, 6) is 0.180. The zero-order valence-corrected chi connectivity index (χ0v) is 16.3. The SMILES string of the molecule is Cc1cc(C(=O)N2CCC3(CCC(=O)N(C[C@@H](C)O)C3)CC2)ccc1Cl. The van der Waals surface area contributed by atoms with Crippen LogP contribution < -0.4 is 0 Å². The molecule has 0 aromatic heterocycles. The molecule has 1 aromatic rings. The number of carbonyl (C=O) groups is 2. The lowest BCUT2D eigenvalue weighted by Gasteiger charge is -2.47. The largest absolute Gasteiger partial charge is 0.392 e. The molecule has 1 spiro atoms. The molecule has 2 aliphatic heterocycles. The van der Waals surface area contributed by atoms with Gasteiger partial charge in [-0.15, -0.1) is 0 Å². The Morgan fingerprint density at radius 1 is 1.31 bits per heavy atom. The fraction of sp³-hybridized carbons (Fsp3) is 0.600. The number of hydrogen-bond acceptors (Lipinski definition) is 3. The van der Waals surface area contributed by atoms with Crippen molar-refractivity contribution >= 4 is 23.4 Å². The summed E-state index contributed by atoms with van der Waals surface area (Å²) in [4.78, 5) is 28.6. The third kappa shape index (κ3) is 4.04. The number of benzene rings is 1. The van der Waals surface area contributed by atoms with E-state index in [0.29, 0.717) is 43.2 Å². The quantitative estimate of drug-likeness (QED) is 0.879. The van der Waals surface area contributed by atoms with Crippen LogP contribution in [-0.4, -0.2) is 59.0 Å². The highest BCUT2D eigenvalue weighted by Crippen LogP contribution is 2.40. The van der Waals surface area contributed by atoms with Crippen LogP contribution in [0.15, 0.2) is 18.2 Å².